The Kier molecular flexibility index (Phi) is 6.55. The van der Waals surface area contributed by atoms with Gasteiger partial charge < -0.3 is 14.4 Å². The minimum Gasteiger partial charge on any atom is -0.456 e. The van der Waals surface area contributed by atoms with Gasteiger partial charge in [-0.3, -0.25) is 0 Å². The molecule has 2 aliphatic heterocycles. The fourth-order valence-corrected chi connectivity index (χ4v) is 5.52. The molecule has 0 bridgehead atoms. The second-order valence-electron chi connectivity index (χ2n) is 9.75. The Morgan fingerprint density at radius 2 is 1.60 bits per heavy atom. The first kappa shape index (κ1) is 23.5. The molecule has 0 aliphatic carbocycles. The number of aryl methyl sites for hydroxylation is 1. The first-order valence-electron chi connectivity index (χ1n) is 13.1. The number of esters is 1. The van der Waals surface area contributed by atoms with Gasteiger partial charge in [0.1, 0.15) is 11.5 Å². The Hall–Kier alpha value is -3.27. The van der Waals surface area contributed by atoms with Crippen molar-refractivity contribution in [2.45, 2.75) is 64.9 Å². The Morgan fingerprint density at radius 3 is 2.43 bits per heavy atom. The number of carbonyl (C=O) groups excluding carboxylic acids is 1. The highest BCUT2D eigenvalue weighted by atomic mass is 16.6. The van der Waals surface area contributed by atoms with E-state index >= 15 is 0 Å². The quantitative estimate of drug-likeness (QED) is 0.237. The van der Waals surface area contributed by atoms with Crippen molar-refractivity contribution in [2.75, 3.05) is 18.0 Å². The normalized spacial score (nSPS) is 17.4. The summed E-state index contributed by atoms with van der Waals surface area (Å²) in [5.41, 5.74) is 4.52. The van der Waals surface area contributed by atoms with E-state index in [1.54, 1.807) is 0 Å². The summed E-state index contributed by atoms with van der Waals surface area (Å²) in [7, 11) is 0. The van der Waals surface area contributed by atoms with E-state index in [9.17, 15) is 4.79 Å². The summed E-state index contributed by atoms with van der Waals surface area (Å²) in [6.07, 6.45) is 7.70. The third-order valence-electron chi connectivity index (χ3n) is 7.38. The van der Waals surface area contributed by atoms with Gasteiger partial charge >= 0.3 is 5.97 Å². The molecule has 0 saturated carbocycles. The zero-order valence-electron chi connectivity index (χ0n) is 21.1. The van der Waals surface area contributed by atoms with Gasteiger partial charge in [-0.2, -0.15) is 0 Å². The fourth-order valence-electron chi connectivity index (χ4n) is 5.52. The fraction of sp³-hybridized carbons (Fsp3) is 0.387. The van der Waals surface area contributed by atoms with Crippen LogP contribution in [0, 0.1) is 6.92 Å². The van der Waals surface area contributed by atoms with E-state index in [-0.39, 0.29) is 5.97 Å². The predicted octanol–water partition coefficient (Wildman–Crippen LogP) is 7.75. The van der Waals surface area contributed by atoms with Crippen molar-refractivity contribution in [1.82, 2.24) is 0 Å². The molecule has 0 fully saturated rings. The zero-order chi connectivity index (χ0) is 24.4. The van der Waals surface area contributed by atoms with Crippen molar-refractivity contribution < 1.29 is 14.3 Å². The molecular formula is C31H35NO3. The number of carbonyl (C=O) groups is 1. The number of ether oxygens (including phenoxy) is 2. The average Bonchev–Trinajstić information content (AvgIpc) is 3.17. The minimum absolute atomic E-state index is 0.289. The van der Waals surface area contributed by atoms with Crippen LogP contribution in [0.1, 0.15) is 85.0 Å². The summed E-state index contributed by atoms with van der Waals surface area (Å²) in [5, 5.41) is 0. The molecule has 0 amide bonds. The van der Waals surface area contributed by atoms with E-state index in [0.29, 0.717) is 5.56 Å². The number of hydrogen-bond donors (Lipinski definition) is 0. The van der Waals surface area contributed by atoms with E-state index in [0.717, 1.165) is 52.5 Å². The van der Waals surface area contributed by atoms with Crippen LogP contribution in [-0.2, 0) is 10.3 Å². The Morgan fingerprint density at radius 1 is 0.800 bits per heavy atom. The maximum Gasteiger partial charge on any atom is 0.340 e. The number of anilines is 1. The molecule has 1 unspecified atom stereocenters. The van der Waals surface area contributed by atoms with E-state index in [2.05, 4.69) is 49.9 Å². The molecule has 3 aromatic rings. The van der Waals surface area contributed by atoms with Crippen molar-refractivity contribution in [3.63, 3.8) is 0 Å². The molecule has 0 aromatic heterocycles. The van der Waals surface area contributed by atoms with Crippen molar-refractivity contribution in [1.29, 1.82) is 0 Å². The summed E-state index contributed by atoms with van der Waals surface area (Å²) in [6.45, 7) is 8.47. The SMILES string of the molecule is CCCCCCCCN(CC)c1ccc2c(c1)Oc1ccc(C)cc1C21OC(=O)c2ccccc21. The molecular weight excluding hydrogens is 434 g/mol. The second-order valence-corrected chi connectivity index (χ2v) is 9.75. The molecule has 3 aromatic carbocycles. The summed E-state index contributed by atoms with van der Waals surface area (Å²) in [5.74, 6) is 1.21. The Labute approximate surface area is 208 Å². The first-order chi connectivity index (χ1) is 17.1. The van der Waals surface area contributed by atoms with Crippen molar-refractivity contribution in [2.24, 2.45) is 0 Å². The maximum absolute atomic E-state index is 13.0. The number of hydrogen-bond acceptors (Lipinski definition) is 4. The third kappa shape index (κ3) is 4.09. The van der Waals surface area contributed by atoms with Crippen LogP contribution in [0.2, 0.25) is 0 Å². The van der Waals surface area contributed by atoms with Crippen molar-refractivity contribution in [3.05, 3.63) is 88.5 Å². The Bertz CT molecular complexity index is 1230. The van der Waals surface area contributed by atoms with Gasteiger partial charge in [0, 0.05) is 41.5 Å². The largest absolute Gasteiger partial charge is 0.456 e. The lowest BCUT2D eigenvalue weighted by molar-refractivity contribution is 0.0224. The standard InChI is InChI=1S/C31H35NO3/c1-4-6-7-8-9-12-19-32(5-2)23-16-17-26-29(21-23)34-28-18-15-22(3)20-27(28)31(26)25-14-11-10-13-24(25)30(33)35-31/h10-11,13-18,20-21H,4-9,12,19H2,1-3H3. The smallest absolute Gasteiger partial charge is 0.340 e. The summed E-state index contributed by atoms with van der Waals surface area (Å²) >= 11 is 0. The Balaban J connectivity index is 1.51. The van der Waals surface area contributed by atoms with Gasteiger partial charge in [-0.15, -0.1) is 0 Å². The summed E-state index contributed by atoms with van der Waals surface area (Å²) in [6, 6.07) is 20.2. The van der Waals surface area contributed by atoms with Crippen LogP contribution in [-0.4, -0.2) is 19.1 Å². The molecule has 182 valence electrons. The van der Waals surface area contributed by atoms with Gasteiger partial charge in [0.25, 0.3) is 0 Å². The predicted molar refractivity (Wildman–Crippen MR) is 141 cm³/mol. The van der Waals surface area contributed by atoms with Crippen molar-refractivity contribution in [3.8, 4) is 11.5 Å². The van der Waals surface area contributed by atoms with Gasteiger partial charge in [0.2, 0.25) is 0 Å². The molecule has 35 heavy (non-hydrogen) atoms. The molecule has 4 heteroatoms. The lowest BCUT2D eigenvalue weighted by Gasteiger charge is -2.37. The van der Waals surface area contributed by atoms with Crippen LogP contribution in [0.25, 0.3) is 0 Å². The van der Waals surface area contributed by atoms with Crippen molar-refractivity contribution >= 4 is 11.7 Å². The van der Waals surface area contributed by atoms with Crippen LogP contribution >= 0.6 is 0 Å². The maximum atomic E-state index is 13.0. The molecule has 0 saturated heterocycles. The highest BCUT2D eigenvalue weighted by molar-refractivity contribution is 5.97. The molecule has 2 heterocycles. The molecule has 2 aliphatic rings. The van der Waals surface area contributed by atoms with Gasteiger partial charge in [0.05, 0.1) is 5.56 Å². The molecule has 1 spiro atoms. The second kappa shape index (κ2) is 9.77. The highest BCUT2D eigenvalue weighted by Crippen LogP contribution is 2.56. The molecule has 0 N–H and O–H groups in total. The molecule has 1 atom stereocenters. The minimum atomic E-state index is -0.989. The lowest BCUT2D eigenvalue weighted by atomic mass is 9.77. The average molecular weight is 470 g/mol. The highest BCUT2D eigenvalue weighted by Gasteiger charge is 2.53. The zero-order valence-corrected chi connectivity index (χ0v) is 21.1. The van der Waals surface area contributed by atoms with Gasteiger partial charge in [-0.1, -0.05) is 68.9 Å². The molecule has 0 radical (unpaired) electrons. The van der Waals surface area contributed by atoms with Gasteiger partial charge in [-0.25, -0.2) is 4.79 Å². The third-order valence-corrected chi connectivity index (χ3v) is 7.38. The van der Waals surface area contributed by atoms with Crippen LogP contribution in [0.3, 0.4) is 0 Å². The molecule has 5 rings (SSSR count). The number of rotatable bonds is 9. The number of fused-ring (bicyclic) bond motifs is 6. The topological polar surface area (TPSA) is 38.8 Å². The van der Waals surface area contributed by atoms with Crippen LogP contribution in [0.15, 0.2) is 60.7 Å². The van der Waals surface area contributed by atoms with Crippen LogP contribution in [0.5, 0.6) is 11.5 Å². The first-order valence-corrected chi connectivity index (χ1v) is 13.1. The number of nitrogens with zero attached hydrogens (tertiary/aromatic N) is 1. The lowest BCUT2D eigenvalue weighted by Crippen LogP contribution is -2.33. The van der Waals surface area contributed by atoms with E-state index in [4.69, 9.17) is 9.47 Å². The van der Waals surface area contributed by atoms with E-state index < -0.39 is 5.60 Å². The van der Waals surface area contributed by atoms with E-state index in [1.807, 2.05) is 36.4 Å². The number of benzene rings is 3. The molecule has 4 nitrogen and oxygen atoms in total. The van der Waals surface area contributed by atoms with Gasteiger partial charge in [0.15, 0.2) is 5.60 Å². The summed E-state index contributed by atoms with van der Waals surface area (Å²) in [4.78, 5) is 15.4. The summed E-state index contributed by atoms with van der Waals surface area (Å²) < 4.78 is 12.7. The van der Waals surface area contributed by atoms with Gasteiger partial charge in [-0.05, 0) is 50.6 Å². The monoisotopic (exact) mass is 469 g/mol. The van der Waals surface area contributed by atoms with Crippen LogP contribution in [0.4, 0.5) is 5.69 Å². The number of unbranched alkanes of at least 4 members (excludes halogenated alkanes) is 5. The van der Waals surface area contributed by atoms with Crippen LogP contribution < -0.4 is 9.64 Å². The van der Waals surface area contributed by atoms with E-state index in [1.165, 1.54) is 38.5 Å².